The molecule has 7 heteroatoms. The lowest BCUT2D eigenvalue weighted by molar-refractivity contribution is 0.174. The number of halogens is 1. The Morgan fingerprint density at radius 3 is 2.92 bits per heavy atom. The lowest BCUT2D eigenvalue weighted by Gasteiger charge is -2.15. The maximum atomic E-state index is 13.0. The predicted molar refractivity (Wildman–Crippen MR) is 89.4 cm³/mol. The van der Waals surface area contributed by atoms with Crippen LogP contribution in [0.2, 0.25) is 0 Å². The molecule has 1 aliphatic rings. The van der Waals surface area contributed by atoms with E-state index in [0.29, 0.717) is 23.8 Å². The van der Waals surface area contributed by atoms with E-state index in [0.717, 1.165) is 5.56 Å². The van der Waals surface area contributed by atoms with Crippen molar-refractivity contribution in [1.29, 1.82) is 0 Å². The SMILES string of the molecule is CC(NC(=O)NCCOc1cccc(F)c1)c1ccc2c(c1)OCO2. The molecule has 1 aliphatic heterocycles. The number of hydrogen-bond acceptors (Lipinski definition) is 4. The number of nitrogens with one attached hydrogen (secondary N) is 2. The summed E-state index contributed by atoms with van der Waals surface area (Å²) in [4.78, 5) is 11.9. The Labute approximate surface area is 144 Å². The number of fused-ring (bicyclic) bond motifs is 1. The molecular formula is C18H19FN2O4. The number of carbonyl (C=O) groups is 1. The normalized spacial score (nSPS) is 13.2. The van der Waals surface area contributed by atoms with Crippen molar-refractivity contribution < 1.29 is 23.4 Å². The molecule has 1 heterocycles. The Balaban J connectivity index is 1.41. The van der Waals surface area contributed by atoms with E-state index in [1.807, 2.05) is 25.1 Å². The molecule has 1 atom stereocenters. The smallest absolute Gasteiger partial charge is 0.315 e. The van der Waals surface area contributed by atoms with Gasteiger partial charge in [0, 0.05) is 6.07 Å². The molecule has 2 aromatic carbocycles. The lowest BCUT2D eigenvalue weighted by atomic mass is 10.1. The summed E-state index contributed by atoms with van der Waals surface area (Å²) in [5, 5.41) is 5.53. The average molecular weight is 346 g/mol. The third-order valence-corrected chi connectivity index (χ3v) is 3.70. The van der Waals surface area contributed by atoms with Gasteiger partial charge >= 0.3 is 6.03 Å². The summed E-state index contributed by atoms with van der Waals surface area (Å²) in [5.74, 6) is 1.45. The van der Waals surface area contributed by atoms with Gasteiger partial charge in [-0.3, -0.25) is 0 Å². The van der Waals surface area contributed by atoms with Crippen LogP contribution < -0.4 is 24.8 Å². The Morgan fingerprint density at radius 1 is 1.24 bits per heavy atom. The van der Waals surface area contributed by atoms with Gasteiger partial charge in [0.25, 0.3) is 0 Å². The quantitative estimate of drug-likeness (QED) is 0.789. The van der Waals surface area contributed by atoms with Crippen molar-refractivity contribution in [2.45, 2.75) is 13.0 Å². The van der Waals surface area contributed by atoms with Crippen LogP contribution in [-0.4, -0.2) is 26.0 Å². The summed E-state index contributed by atoms with van der Waals surface area (Å²) in [6.45, 7) is 2.64. The molecule has 0 spiro atoms. The third kappa shape index (κ3) is 4.53. The van der Waals surface area contributed by atoms with Crippen LogP contribution in [0.4, 0.5) is 9.18 Å². The first-order valence-electron chi connectivity index (χ1n) is 7.94. The molecule has 0 aliphatic carbocycles. The monoisotopic (exact) mass is 346 g/mol. The number of amides is 2. The number of rotatable bonds is 6. The second-order valence-corrected chi connectivity index (χ2v) is 5.54. The molecule has 6 nitrogen and oxygen atoms in total. The van der Waals surface area contributed by atoms with Crippen LogP contribution >= 0.6 is 0 Å². The van der Waals surface area contributed by atoms with Crippen LogP contribution in [-0.2, 0) is 0 Å². The van der Waals surface area contributed by atoms with Crippen molar-refractivity contribution in [3.8, 4) is 17.2 Å². The average Bonchev–Trinajstić information content (AvgIpc) is 3.06. The summed E-state index contributed by atoms with van der Waals surface area (Å²) in [6, 6.07) is 10.9. The van der Waals surface area contributed by atoms with Gasteiger partial charge in [0.2, 0.25) is 6.79 Å². The molecule has 0 bridgehead atoms. The Hall–Kier alpha value is -2.96. The van der Waals surface area contributed by atoms with Crippen molar-refractivity contribution in [3.05, 3.63) is 53.8 Å². The largest absolute Gasteiger partial charge is 0.492 e. The van der Waals surface area contributed by atoms with E-state index in [2.05, 4.69) is 10.6 Å². The fourth-order valence-electron chi connectivity index (χ4n) is 2.40. The standard InChI is InChI=1S/C18H19FN2O4/c1-12(13-5-6-16-17(9-13)25-11-24-16)21-18(22)20-7-8-23-15-4-2-3-14(19)10-15/h2-6,9-10,12H,7-8,11H2,1H3,(H2,20,21,22). The van der Waals surface area contributed by atoms with Gasteiger partial charge in [-0.15, -0.1) is 0 Å². The van der Waals surface area contributed by atoms with Gasteiger partial charge in [0.1, 0.15) is 18.2 Å². The van der Waals surface area contributed by atoms with E-state index < -0.39 is 0 Å². The molecule has 1 unspecified atom stereocenters. The van der Waals surface area contributed by atoms with Crippen molar-refractivity contribution >= 4 is 6.03 Å². The summed E-state index contributed by atoms with van der Waals surface area (Å²) >= 11 is 0. The van der Waals surface area contributed by atoms with E-state index in [4.69, 9.17) is 14.2 Å². The first-order valence-corrected chi connectivity index (χ1v) is 7.94. The first kappa shape index (κ1) is 16.9. The Bertz CT molecular complexity index is 754. The number of carbonyl (C=O) groups excluding carboxylic acids is 1. The fourth-order valence-corrected chi connectivity index (χ4v) is 2.40. The highest BCUT2D eigenvalue weighted by atomic mass is 19.1. The van der Waals surface area contributed by atoms with E-state index in [1.165, 1.54) is 12.1 Å². The molecule has 25 heavy (non-hydrogen) atoms. The minimum absolute atomic E-state index is 0.196. The Kier molecular flexibility index (Phi) is 5.23. The van der Waals surface area contributed by atoms with Gasteiger partial charge in [-0.05, 0) is 36.8 Å². The van der Waals surface area contributed by atoms with Gasteiger partial charge in [-0.25, -0.2) is 9.18 Å². The molecule has 0 aromatic heterocycles. The van der Waals surface area contributed by atoms with Crippen LogP contribution in [0.15, 0.2) is 42.5 Å². The number of ether oxygens (including phenoxy) is 3. The molecule has 132 valence electrons. The van der Waals surface area contributed by atoms with E-state index in [1.54, 1.807) is 12.1 Å². The summed E-state index contributed by atoms with van der Waals surface area (Å²) < 4.78 is 29.0. The van der Waals surface area contributed by atoms with Crippen LogP contribution in [0.1, 0.15) is 18.5 Å². The topological polar surface area (TPSA) is 68.8 Å². The molecule has 0 radical (unpaired) electrons. The zero-order valence-electron chi connectivity index (χ0n) is 13.8. The second kappa shape index (κ2) is 7.74. The molecule has 3 rings (SSSR count). The number of hydrogen-bond donors (Lipinski definition) is 2. The maximum absolute atomic E-state index is 13.0. The highest BCUT2D eigenvalue weighted by Crippen LogP contribution is 2.34. The summed E-state index contributed by atoms with van der Waals surface area (Å²) in [5.41, 5.74) is 0.912. The van der Waals surface area contributed by atoms with Gasteiger partial charge in [-0.1, -0.05) is 12.1 Å². The molecule has 2 aromatic rings. The predicted octanol–water partition coefficient (Wildman–Crippen LogP) is 2.99. The van der Waals surface area contributed by atoms with Crippen molar-refractivity contribution in [3.63, 3.8) is 0 Å². The summed E-state index contributed by atoms with van der Waals surface area (Å²) in [7, 11) is 0. The minimum atomic E-state index is -0.360. The minimum Gasteiger partial charge on any atom is -0.492 e. The van der Waals surface area contributed by atoms with Crippen molar-refractivity contribution in [2.24, 2.45) is 0 Å². The molecular weight excluding hydrogens is 327 g/mol. The lowest BCUT2D eigenvalue weighted by Crippen LogP contribution is -2.38. The maximum Gasteiger partial charge on any atom is 0.315 e. The fraction of sp³-hybridized carbons (Fsp3) is 0.278. The van der Waals surface area contributed by atoms with Gasteiger partial charge < -0.3 is 24.8 Å². The van der Waals surface area contributed by atoms with Crippen LogP contribution in [0.3, 0.4) is 0 Å². The third-order valence-electron chi connectivity index (χ3n) is 3.70. The molecule has 2 amide bonds. The zero-order chi connectivity index (χ0) is 17.6. The first-order chi connectivity index (χ1) is 12.1. The van der Waals surface area contributed by atoms with Gasteiger partial charge in [0.15, 0.2) is 11.5 Å². The second-order valence-electron chi connectivity index (χ2n) is 5.54. The van der Waals surface area contributed by atoms with Crippen LogP contribution in [0, 0.1) is 5.82 Å². The van der Waals surface area contributed by atoms with Crippen molar-refractivity contribution in [2.75, 3.05) is 19.9 Å². The van der Waals surface area contributed by atoms with E-state index >= 15 is 0 Å². The van der Waals surface area contributed by atoms with Crippen LogP contribution in [0.5, 0.6) is 17.2 Å². The Morgan fingerprint density at radius 2 is 2.08 bits per heavy atom. The number of urea groups is 1. The van der Waals surface area contributed by atoms with E-state index in [-0.39, 0.29) is 31.3 Å². The highest BCUT2D eigenvalue weighted by molar-refractivity contribution is 5.74. The molecule has 0 saturated carbocycles. The molecule has 2 N–H and O–H groups in total. The molecule has 0 fully saturated rings. The van der Waals surface area contributed by atoms with Gasteiger partial charge in [-0.2, -0.15) is 0 Å². The highest BCUT2D eigenvalue weighted by Gasteiger charge is 2.16. The van der Waals surface area contributed by atoms with E-state index in [9.17, 15) is 9.18 Å². The molecule has 0 saturated heterocycles. The summed E-state index contributed by atoms with van der Waals surface area (Å²) in [6.07, 6.45) is 0. The van der Waals surface area contributed by atoms with Gasteiger partial charge in [0.05, 0.1) is 12.6 Å². The number of benzene rings is 2. The van der Waals surface area contributed by atoms with Crippen LogP contribution in [0.25, 0.3) is 0 Å². The van der Waals surface area contributed by atoms with Crippen molar-refractivity contribution in [1.82, 2.24) is 10.6 Å². The zero-order valence-corrected chi connectivity index (χ0v) is 13.8.